The van der Waals surface area contributed by atoms with Crippen LogP contribution in [0.4, 0.5) is 5.82 Å². The van der Waals surface area contributed by atoms with Gasteiger partial charge in [0.2, 0.25) is 0 Å². The first kappa shape index (κ1) is 21.2. The van der Waals surface area contributed by atoms with E-state index < -0.39 is 5.91 Å². The first-order valence-electron chi connectivity index (χ1n) is 10.3. The summed E-state index contributed by atoms with van der Waals surface area (Å²) in [6.07, 6.45) is 4.94. The Balaban J connectivity index is 1.55. The summed E-state index contributed by atoms with van der Waals surface area (Å²) in [5.41, 5.74) is 3.75. The van der Waals surface area contributed by atoms with Crippen molar-refractivity contribution in [2.45, 2.75) is 33.9 Å². The molecule has 0 saturated carbocycles. The minimum absolute atomic E-state index is 0.0860. The minimum Gasteiger partial charge on any atom is -0.309 e. The van der Waals surface area contributed by atoms with Gasteiger partial charge in [-0.25, -0.2) is 0 Å². The summed E-state index contributed by atoms with van der Waals surface area (Å²) in [4.78, 5) is 34.5. The van der Waals surface area contributed by atoms with Gasteiger partial charge in [0, 0.05) is 24.2 Å². The van der Waals surface area contributed by atoms with Crippen molar-refractivity contribution in [2.75, 3.05) is 5.32 Å². The highest BCUT2D eigenvalue weighted by atomic mass is 16.2. The molecule has 8 heteroatoms. The Labute approximate surface area is 185 Å². The van der Waals surface area contributed by atoms with Gasteiger partial charge < -0.3 is 9.88 Å². The summed E-state index contributed by atoms with van der Waals surface area (Å²) in [5.74, 6) is -0.0803. The Morgan fingerprint density at radius 1 is 1.00 bits per heavy atom. The molecule has 3 heterocycles. The molecule has 0 unspecified atom stereocenters. The summed E-state index contributed by atoms with van der Waals surface area (Å²) < 4.78 is 3.28. The molecule has 0 aliphatic carbocycles. The van der Waals surface area contributed by atoms with E-state index >= 15 is 0 Å². The zero-order chi connectivity index (χ0) is 22.7. The Morgan fingerprint density at radius 3 is 2.50 bits per heavy atom. The third-order valence-electron chi connectivity index (χ3n) is 5.17. The second-order valence-electron chi connectivity index (χ2n) is 7.72. The zero-order valence-corrected chi connectivity index (χ0v) is 18.2. The molecule has 1 amide bonds. The number of pyridine rings is 1. The van der Waals surface area contributed by atoms with Gasteiger partial charge in [-0.05, 0) is 38.0 Å². The summed E-state index contributed by atoms with van der Waals surface area (Å²) in [7, 11) is 0. The Bertz CT molecular complexity index is 1310. The van der Waals surface area contributed by atoms with Crippen LogP contribution in [0.1, 0.15) is 38.6 Å². The molecule has 0 aliphatic heterocycles. The molecule has 0 radical (unpaired) electrons. The van der Waals surface area contributed by atoms with Crippen molar-refractivity contribution in [1.82, 2.24) is 24.3 Å². The average Bonchev–Trinajstić information content (AvgIpc) is 3.11. The SMILES string of the molecule is Cc1cnc(Cn2ccc(C)c(C(=O)Nc3cc(C)n(Cc4ccccc4)n3)c2=O)cn1. The summed E-state index contributed by atoms with van der Waals surface area (Å²) >= 11 is 0. The van der Waals surface area contributed by atoms with Crippen molar-refractivity contribution in [1.29, 1.82) is 0 Å². The van der Waals surface area contributed by atoms with Crippen molar-refractivity contribution < 1.29 is 4.79 Å². The van der Waals surface area contributed by atoms with Crippen LogP contribution in [0, 0.1) is 20.8 Å². The van der Waals surface area contributed by atoms with Crippen LogP contribution in [0.2, 0.25) is 0 Å². The van der Waals surface area contributed by atoms with E-state index in [1.165, 1.54) is 4.57 Å². The van der Waals surface area contributed by atoms with Gasteiger partial charge in [-0.3, -0.25) is 24.2 Å². The van der Waals surface area contributed by atoms with Crippen molar-refractivity contribution >= 4 is 11.7 Å². The molecular formula is C24H24N6O2. The lowest BCUT2D eigenvalue weighted by atomic mass is 10.1. The molecule has 8 nitrogen and oxygen atoms in total. The van der Waals surface area contributed by atoms with E-state index in [-0.39, 0.29) is 17.7 Å². The van der Waals surface area contributed by atoms with Gasteiger partial charge >= 0.3 is 0 Å². The van der Waals surface area contributed by atoms with Gasteiger partial charge in [0.25, 0.3) is 11.5 Å². The van der Waals surface area contributed by atoms with E-state index in [2.05, 4.69) is 20.4 Å². The zero-order valence-electron chi connectivity index (χ0n) is 18.2. The van der Waals surface area contributed by atoms with Gasteiger partial charge in [0.1, 0.15) is 5.56 Å². The lowest BCUT2D eigenvalue weighted by Gasteiger charge is -2.10. The van der Waals surface area contributed by atoms with Gasteiger partial charge in [-0.1, -0.05) is 30.3 Å². The number of aromatic nitrogens is 5. The fourth-order valence-electron chi connectivity index (χ4n) is 3.41. The fourth-order valence-corrected chi connectivity index (χ4v) is 3.41. The molecule has 0 fully saturated rings. The van der Waals surface area contributed by atoms with E-state index in [1.54, 1.807) is 37.6 Å². The van der Waals surface area contributed by atoms with E-state index in [0.717, 1.165) is 17.0 Å². The lowest BCUT2D eigenvalue weighted by Crippen LogP contribution is -2.30. The van der Waals surface area contributed by atoms with Crippen molar-refractivity contribution in [3.63, 3.8) is 0 Å². The monoisotopic (exact) mass is 428 g/mol. The number of hydrogen-bond acceptors (Lipinski definition) is 5. The van der Waals surface area contributed by atoms with Crippen LogP contribution in [-0.4, -0.2) is 30.2 Å². The number of rotatable bonds is 6. The molecule has 1 aromatic carbocycles. The summed E-state index contributed by atoms with van der Waals surface area (Å²) in [6, 6.07) is 13.5. The first-order chi connectivity index (χ1) is 15.4. The van der Waals surface area contributed by atoms with Gasteiger partial charge in [0.05, 0.1) is 30.7 Å². The van der Waals surface area contributed by atoms with Crippen molar-refractivity contribution in [3.05, 3.63) is 105 Å². The number of anilines is 1. The Hall–Kier alpha value is -4.07. The van der Waals surface area contributed by atoms with E-state index in [9.17, 15) is 9.59 Å². The van der Waals surface area contributed by atoms with E-state index in [1.807, 2.05) is 48.9 Å². The van der Waals surface area contributed by atoms with E-state index in [0.29, 0.717) is 23.6 Å². The predicted molar refractivity (Wildman–Crippen MR) is 122 cm³/mol. The molecule has 4 rings (SSSR count). The molecular weight excluding hydrogens is 404 g/mol. The molecule has 162 valence electrons. The maximum Gasteiger partial charge on any atom is 0.264 e. The molecule has 0 atom stereocenters. The minimum atomic E-state index is -0.485. The molecule has 1 N–H and O–H groups in total. The average molecular weight is 428 g/mol. The number of benzene rings is 1. The maximum absolute atomic E-state index is 13.0. The molecule has 3 aromatic heterocycles. The molecule has 0 spiro atoms. The van der Waals surface area contributed by atoms with Crippen LogP contribution in [0.5, 0.6) is 0 Å². The number of aryl methyl sites for hydroxylation is 3. The number of amides is 1. The molecule has 0 aliphatic rings. The van der Waals surface area contributed by atoms with Crippen molar-refractivity contribution in [2.24, 2.45) is 0 Å². The molecule has 32 heavy (non-hydrogen) atoms. The second-order valence-corrected chi connectivity index (χ2v) is 7.72. The van der Waals surface area contributed by atoms with Gasteiger partial charge in [-0.15, -0.1) is 0 Å². The fraction of sp³-hybridized carbons (Fsp3) is 0.208. The number of carbonyl (C=O) groups is 1. The second kappa shape index (κ2) is 8.97. The molecule has 0 bridgehead atoms. The largest absolute Gasteiger partial charge is 0.309 e. The highest BCUT2D eigenvalue weighted by Gasteiger charge is 2.18. The number of carbonyl (C=O) groups excluding carboxylic acids is 1. The summed E-state index contributed by atoms with van der Waals surface area (Å²) in [5, 5.41) is 7.26. The van der Waals surface area contributed by atoms with Crippen LogP contribution < -0.4 is 10.9 Å². The highest BCUT2D eigenvalue weighted by molar-refractivity contribution is 6.04. The molecule has 4 aromatic rings. The lowest BCUT2D eigenvalue weighted by molar-refractivity contribution is 0.102. The highest BCUT2D eigenvalue weighted by Crippen LogP contribution is 2.13. The third kappa shape index (κ3) is 4.64. The van der Waals surface area contributed by atoms with Crippen LogP contribution in [0.3, 0.4) is 0 Å². The Morgan fingerprint density at radius 2 is 1.78 bits per heavy atom. The van der Waals surface area contributed by atoms with Crippen LogP contribution in [-0.2, 0) is 13.1 Å². The predicted octanol–water partition coefficient (Wildman–Crippen LogP) is 3.11. The van der Waals surface area contributed by atoms with Crippen LogP contribution in [0.15, 0.2) is 65.8 Å². The number of nitrogens with zero attached hydrogens (tertiary/aromatic N) is 5. The Kier molecular flexibility index (Phi) is 5.93. The van der Waals surface area contributed by atoms with Gasteiger partial charge in [-0.2, -0.15) is 5.10 Å². The maximum atomic E-state index is 13.0. The summed E-state index contributed by atoms with van der Waals surface area (Å²) in [6.45, 7) is 6.34. The van der Waals surface area contributed by atoms with Crippen molar-refractivity contribution in [3.8, 4) is 0 Å². The number of nitrogens with one attached hydrogen (secondary N) is 1. The number of hydrogen-bond donors (Lipinski definition) is 1. The van der Waals surface area contributed by atoms with E-state index in [4.69, 9.17) is 0 Å². The first-order valence-corrected chi connectivity index (χ1v) is 10.3. The normalized spacial score (nSPS) is 10.8. The standard InChI is InChI=1S/C24H24N6O2/c1-16-9-10-29(15-20-13-25-17(2)12-26-20)24(32)22(16)23(31)27-21-11-18(3)30(28-21)14-19-7-5-4-6-8-19/h4-13H,14-15H2,1-3H3,(H,27,28,31). The molecule has 0 saturated heterocycles. The van der Waals surface area contributed by atoms with Gasteiger partial charge in [0.15, 0.2) is 5.82 Å². The quantitative estimate of drug-likeness (QED) is 0.509. The van der Waals surface area contributed by atoms with Crippen LogP contribution in [0.25, 0.3) is 0 Å². The smallest absolute Gasteiger partial charge is 0.264 e. The third-order valence-corrected chi connectivity index (χ3v) is 5.17. The van der Waals surface area contributed by atoms with Crippen LogP contribution >= 0.6 is 0 Å². The topological polar surface area (TPSA) is 94.7 Å².